The topological polar surface area (TPSA) is 95.7 Å². The summed E-state index contributed by atoms with van der Waals surface area (Å²) in [4.78, 5) is 37.6. The molecule has 8 nitrogen and oxygen atoms in total. The molecule has 0 bridgehead atoms. The Bertz CT molecular complexity index is 1630. The van der Waals surface area contributed by atoms with Crippen LogP contribution in [0.2, 0.25) is 5.02 Å². The van der Waals surface area contributed by atoms with Crippen LogP contribution in [0.4, 0.5) is 35.9 Å². The Morgan fingerprint density at radius 2 is 1.77 bits per heavy atom. The van der Waals surface area contributed by atoms with E-state index < -0.39 is 53.3 Å². The van der Waals surface area contributed by atoms with Crippen LogP contribution in [0.5, 0.6) is 0 Å². The number of carbonyl (C=O) groups excluding carboxylic acids is 2. The lowest BCUT2D eigenvalue weighted by molar-refractivity contribution is -0.191. The fourth-order valence-electron chi connectivity index (χ4n) is 4.63. The van der Waals surface area contributed by atoms with Gasteiger partial charge in [-0.3, -0.25) is 24.1 Å². The number of hydrogen-bond acceptors (Lipinski definition) is 5. The van der Waals surface area contributed by atoms with E-state index >= 15 is 0 Å². The molecule has 3 aromatic rings. The molecule has 230 valence electrons. The smallest absolute Gasteiger partial charge is 0.416 e. The molecular formula is C27H23ClF6N4O4S. The molecule has 1 atom stereocenters. The maximum absolute atomic E-state index is 14.0. The third-order valence-corrected chi connectivity index (χ3v) is 7.65. The molecule has 1 saturated heterocycles. The first-order valence-electron chi connectivity index (χ1n) is 12.4. The second-order valence-electron chi connectivity index (χ2n) is 10.6. The summed E-state index contributed by atoms with van der Waals surface area (Å²) >= 11 is 6.15. The molecule has 0 radical (unpaired) electrons. The molecule has 43 heavy (non-hydrogen) atoms. The van der Waals surface area contributed by atoms with Gasteiger partial charge in [-0.2, -0.15) is 31.4 Å². The maximum atomic E-state index is 14.0. The van der Waals surface area contributed by atoms with Crippen molar-refractivity contribution in [1.82, 2.24) is 19.6 Å². The van der Waals surface area contributed by atoms with Crippen molar-refractivity contribution < 1.29 is 45.8 Å². The standard InChI is InChI=1S/C27H23ClF6N4O4S/c1-25(2,3)38(23(40)41)21(27(32,33)34)13-36-22(39)20(43-24(36)42)9-14-4-7-19-16(8-14)11-35-37(19)12-15-5-6-17(28)10-18(15)26(29,30)31/h4-11,21H,12-13H2,1-3H3,(H,40,41). The number of hydrogen-bond donors (Lipinski definition) is 1. The fourth-order valence-corrected chi connectivity index (χ4v) is 5.65. The number of carboxylic acid groups (broad SMARTS) is 1. The lowest BCUT2D eigenvalue weighted by Crippen LogP contribution is -2.60. The van der Waals surface area contributed by atoms with Crippen molar-refractivity contribution >= 4 is 57.6 Å². The van der Waals surface area contributed by atoms with Gasteiger partial charge in [-0.15, -0.1) is 0 Å². The minimum Gasteiger partial charge on any atom is -0.465 e. The van der Waals surface area contributed by atoms with Gasteiger partial charge in [0, 0.05) is 15.9 Å². The van der Waals surface area contributed by atoms with E-state index in [-0.39, 0.29) is 26.9 Å². The highest BCUT2D eigenvalue weighted by molar-refractivity contribution is 8.18. The monoisotopic (exact) mass is 648 g/mol. The number of aromatic nitrogens is 2. The van der Waals surface area contributed by atoms with Gasteiger partial charge in [-0.05, 0) is 74.0 Å². The Morgan fingerprint density at radius 1 is 1.09 bits per heavy atom. The maximum Gasteiger partial charge on any atom is 0.416 e. The zero-order valence-electron chi connectivity index (χ0n) is 22.6. The molecule has 2 heterocycles. The van der Waals surface area contributed by atoms with Gasteiger partial charge in [0.2, 0.25) is 0 Å². The van der Waals surface area contributed by atoms with Gasteiger partial charge >= 0.3 is 18.4 Å². The first-order valence-corrected chi connectivity index (χ1v) is 13.6. The highest BCUT2D eigenvalue weighted by Crippen LogP contribution is 2.37. The first kappa shape index (κ1) is 32.2. The number of rotatable bonds is 6. The third-order valence-electron chi connectivity index (χ3n) is 6.51. The Morgan fingerprint density at radius 3 is 2.35 bits per heavy atom. The van der Waals surface area contributed by atoms with Crippen molar-refractivity contribution in [3.05, 3.63) is 69.2 Å². The number of imide groups is 1. The van der Waals surface area contributed by atoms with Gasteiger partial charge in [0.1, 0.15) is 6.04 Å². The summed E-state index contributed by atoms with van der Waals surface area (Å²) in [5.74, 6) is -1.03. The predicted molar refractivity (Wildman–Crippen MR) is 147 cm³/mol. The molecule has 4 rings (SSSR count). The number of alkyl halides is 6. The molecule has 16 heteroatoms. The second-order valence-corrected chi connectivity index (χ2v) is 12.0. The van der Waals surface area contributed by atoms with E-state index in [0.29, 0.717) is 33.1 Å². The summed E-state index contributed by atoms with van der Waals surface area (Å²) in [5.41, 5.74) is -1.64. The Kier molecular flexibility index (Phi) is 8.55. The highest BCUT2D eigenvalue weighted by atomic mass is 35.5. The minimum atomic E-state index is -5.08. The van der Waals surface area contributed by atoms with E-state index in [1.165, 1.54) is 62.0 Å². The lowest BCUT2D eigenvalue weighted by atomic mass is 10.0. The Hall–Kier alpha value is -3.72. The largest absolute Gasteiger partial charge is 0.465 e. The molecule has 1 aliphatic rings. The third kappa shape index (κ3) is 6.93. The summed E-state index contributed by atoms with van der Waals surface area (Å²) in [6.45, 7) is 2.32. The summed E-state index contributed by atoms with van der Waals surface area (Å²) < 4.78 is 83.8. The molecule has 0 saturated carbocycles. The summed E-state index contributed by atoms with van der Waals surface area (Å²) in [6.07, 6.45) is -8.91. The quantitative estimate of drug-likeness (QED) is 0.220. The van der Waals surface area contributed by atoms with Crippen LogP contribution >= 0.6 is 23.4 Å². The fraction of sp³-hybridized carbons (Fsp3) is 0.333. The van der Waals surface area contributed by atoms with E-state index in [2.05, 4.69) is 5.10 Å². The van der Waals surface area contributed by atoms with Crippen LogP contribution < -0.4 is 0 Å². The lowest BCUT2D eigenvalue weighted by Gasteiger charge is -2.41. The number of thioether (sulfide) groups is 1. The van der Waals surface area contributed by atoms with Crippen molar-refractivity contribution in [2.24, 2.45) is 0 Å². The molecule has 0 aliphatic carbocycles. The van der Waals surface area contributed by atoms with Crippen molar-refractivity contribution in [1.29, 1.82) is 0 Å². The molecule has 2 aromatic carbocycles. The van der Waals surface area contributed by atoms with Crippen LogP contribution in [0.1, 0.15) is 37.5 Å². The van der Waals surface area contributed by atoms with E-state index in [1.807, 2.05) is 0 Å². The molecule has 3 amide bonds. The summed E-state index contributed by atoms with van der Waals surface area (Å²) in [6, 6.07) is 5.34. The molecule has 0 spiro atoms. The zero-order chi connectivity index (χ0) is 32.1. The van der Waals surface area contributed by atoms with Gasteiger partial charge in [0.15, 0.2) is 0 Å². The van der Waals surface area contributed by atoms with Crippen LogP contribution in [0.15, 0.2) is 47.5 Å². The average Bonchev–Trinajstić information content (AvgIpc) is 3.37. The van der Waals surface area contributed by atoms with Crippen LogP contribution in [-0.2, 0) is 17.5 Å². The first-order chi connectivity index (χ1) is 19.8. The number of amides is 3. The van der Waals surface area contributed by atoms with Gasteiger partial charge in [-0.1, -0.05) is 23.7 Å². The van der Waals surface area contributed by atoms with Crippen LogP contribution in [0, 0.1) is 0 Å². The Labute approximate surface area is 249 Å². The van der Waals surface area contributed by atoms with Crippen molar-refractivity contribution in [3.8, 4) is 0 Å². The second kappa shape index (κ2) is 11.4. The molecule has 1 aliphatic heterocycles. The van der Waals surface area contributed by atoms with Gasteiger partial charge in [0.25, 0.3) is 11.1 Å². The molecule has 1 fully saturated rings. The van der Waals surface area contributed by atoms with Crippen LogP contribution in [-0.4, -0.2) is 66.2 Å². The van der Waals surface area contributed by atoms with Crippen molar-refractivity contribution in [3.63, 3.8) is 0 Å². The molecule has 1 aromatic heterocycles. The van der Waals surface area contributed by atoms with E-state index in [1.54, 1.807) is 6.07 Å². The van der Waals surface area contributed by atoms with E-state index in [4.69, 9.17) is 11.6 Å². The van der Waals surface area contributed by atoms with E-state index in [0.717, 1.165) is 6.07 Å². The van der Waals surface area contributed by atoms with Gasteiger partial charge in [-0.25, -0.2) is 4.79 Å². The number of halogens is 7. The van der Waals surface area contributed by atoms with E-state index in [9.17, 15) is 45.8 Å². The molecular weight excluding hydrogens is 626 g/mol. The van der Waals surface area contributed by atoms with Crippen molar-refractivity contribution in [2.75, 3.05) is 6.54 Å². The molecule has 1 N–H and O–H groups in total. The summed E-state index contributed by atoms with van der Waals surface area (Å²) in [5, 5.41) is 13.1. The number of nitrogens with zero attached hydrogens (tertiary/aromatic N) is 4. The number of benzene rings is 2. The van der Waals surface area contributed by atoms with Crippen molar-refractivity contribution in [2.45, 2.75) is 51.2 Å². The SMILES string of the molecule is CC(C)(C)N(C(=O)O)C(CN1C(=O)SC(=Cc2ccc3c(cnn3Cc3ccc(Cl)cc3C(F)(F)F)c2)C1=O)C(F)(F)F. The highest BCUT2D eigenvalue weighted by Gasteiger charge is 2.52. The number of fused-ring (bicyclic) bond motifs is 1. The van der Waals surface area contributed by atoms with Gasteiger partial charge < -0.3 is 5.11 Å². The van der Waals surface area contributed by atoms with Crippen LogP contribution in [0.3, 0.4) is 0 Å². The average molecular weight is 649 g/mol. The molecule has 1 unspecified atom stereocenters. The normalized spacial score (nSPS) is 16.4. The summed E-state index contributed by atoms with van der Waals surface area (Å²) in [7, 11) is 0. The number of carbonyl (C=O) groups is 3. The van der Waals surface area contributed by atoms with Gasteiger partial charge in [0.05, 0.1) is 35.3 Å². The zero-order valence-corrected chi connectivity index (χ0v) is 24.2. The Balaban J connectivity index is 1.59. The predicted octanol–water partition coefficient (Wildman–Crippen LogP) is 7.50. The minimum absolute atomic E-state index is 0.0651. The van der Waals surface area contributed by atoms with Crippen LogP contribution in [0.25, 0.3) is 17.0 Å².